The summed E-state index contributed by atoms with van der Waals surface area (Å²) in [5.41, 5.74) is 0. The summed E-state index contributed by atoms with van der Waals surface area (Å²) in [4.78, 5) is 22.3. The number of hydrogen-bond donors (Lipinski definition) is 3. The van der Waals surface area contributed by atoms with Gasteiger partial charge >= 0.3 is 13.8 Å². The van der Waals surface area contributed by atoms with Gasteiger partial charge in [-0.2, -0.15) is 0 Å². The van der Waals surface area contributed by atoms with E-state index in [1.54, 1.807) is 0 Å². The van der Waals surface area contributed by atoms with Crippen LogP contribution in [0.5, 0.6) is 0 Å². The lowest BCUT2D eigenvalue weighted by atomic mass is 10.1. The summed E-state index contributed by atoms with van der Waals surface area (Å²) in [6, 6.07) is 0. The van der Waals surface area contributed by atoms with Crippen molar-refractivity contribution in [2.75, 3.05) is 33.0 Å². The molecule has 0 aliphatic rings. The summed E-state index contributed by atoms with van der Waals surface area (Å²) in [6.45, 7) is 3.40. The van der Waals surface area contributed by atoms with Crippen LogP contribution in [0.25, 0.3) is 0 Å². The molecule has 0 amide bonds. The van der Waals surface area contributed by atoms with Crippen molar-refractivity contribution >= 4 is 13.8 Å². The van der Waals surface area contributed by atoms with Gasteiger partial charge in [0.2, 0.25) is 0 Å². The Labute approximate surface area is 268 Å². The van der Waals surface area contributed by atoms with Crippen LogP contribution in [0.1, 0.15) is 142 Å². The second-order valence-electron chi connectivity index (χ2n) is 11.5. The summed E-state index contributed by atoms with van der Waals surface area (Å²) < 4.78 is 33.0. The summed E-state index contributed by atoms with van der Waals surface area (Å²) in [5, 5.41) is 18.2. The number of carbonyl (C=O) groups is 1. The quantitative estimate of drug-likeness (QED) is 0.0278. The minimum absolute atomic E-state index is 0.0442. The van der Waals surface area contributed by atoms with Gasteiger partial charge in [0.25, 0.3) is 0 Å². The van der Waals surface area contributed by atoms with Crippen molar-refractivity contribution in [2.45, 2.75) is 154 Å². The van der Waals surface area contributed by atoms with Gasteiger partial charge in [-0.25, -0.2) is 4.57 Å². The molecule has 0 aromatic rings. The first-order chi connectivity index (χ1) is 21.3. The van der Waals surface area contributed by atoms with Gasteiger partial charge in [-0.3, -0.25) is 13.8 Å². The smallest absolute Gasteiger partial charge is 0.457 e. The Morgan fingerprint density at radius 2 is 1.25 bits per heavy atom. The Kier molecular flexibility index (Phi) is 31.1. The predicted octanol–water partition coefficient (Wildman–Crippen LogP) is 8.36. The maximum atomic E-state index is 12.4. The molecule has 9 nitrogen and oxygen atoms in total. The molecule has 0 spiro atoms. The largest absolute Gasteiger partial charge is 0.472 e. The van der Waals surface area contributed by atoms with Crippen molar-refractivity contribution < 1.29 is 43.0 Å². The van der Waals surface area contributed by atoms with E-state index < -0.39 is 39.2 Å². The topological polar surface area (TPSA) is 132 Å². The Morgan fingerprint density at radius 1 is 0.705 bits per heavy atom. The maximum absolute atomic E-state index is 12.4. The number of ether oxygens (including phenoxy) is 2. The number of hydrogen-bond acceptors (Lipinski definition) is 8. The molecule has 3 atom stereocenters. The molecule has 3 unspecified atom stereocenters. The molecule has 0 heterocycles. The number of carbonyl (C=O) groups excluding carboxylic acids is 1. The number of phosphoric acid groups is 1. The lowest BCUT2D eigenvalue weighted by Gasteiger charge is -2.20. The van der Waals surface area contributed by atoms with Crippen LogP contribution in [0.15, 0.2) is 24.3 Å². The van der Waals surface area contributed by atoms with Crippen LogP contribution >= 0.6 is 7.82 Å². The van der Waals surface area contributed by atoms with Gasteiger partial charge < -0.3 is 24.6 Å². The zero-order chi connectivity index (χ0) is 32.6. The molecule has 10 heteroatoms. The van der Waals surface area contributed by atoms with Gasteiger partial charge in [-0.1, -0.05) is 122 Å². The number of aliphatic hydroxyl groups excluding tert-OH is 2. The van der Waals surface area contributed by atoms with Crippen molar-refractivity contribution in [3.8, 4) is 0 Å². The number of allylic oxidation sites excluding steroid dienone is 4. The Balaban J connectivity index is 4.24. The molecule has 0 aromatic heterocycles. The highest BCUT2D eigenvalue weighted by Crippen LogP contribution is 2.43. The van der Waals surface area contributed by atoms with Crippen LogP contribution in [0.3, 0.4) is 0 Å². The molecule has 0 aliphatic carbocycles. The van der Waals surface area contributed by atoms with Crippen LogP contribution in [-0.2, 0) is 27.9 Å². The summed E-state index contributed by atoms with van der Waals surface area (Å²) >= 11 is 0. The minimum atomic E-state index is -4.50. The number of rotatable bonds is 33. The second kappa shape index (κ2) is 31.9. The first kappa shape index (κ1) is 42.9. The highest BCUT2D eigenvalue weighted by molar-refractivity contribution is 7.47. The highest BCUT2D eigenvalue weighted by Gasteiger charge is 2.26. The van der Waals surface area contributed by atoms with E-state index in [4.69, 9.17) is 23.6 Å². The maximum Gasteiger partial charge on any atom is 0.472 e. The third kappa shape index (κ3) is 30.9. The minimum Gasteiger partial charge on any atom is -0.457 e. The summed E-state index contributed by atoms with van der Waals surface area (Å²) in [5.74, 6) is -0.393. The van der Waals surface area contributed by atoms with Crippen molar-refractivity contribution in [3.63, 3.8) is 0 Å². The molecule has 0 saturated carbocycles. The molecule has 0 fully saturated rings. The average molecular weight is 649 g/mol. The average Bonchev–Trinajstić information content (AvgIpc) is 3.01. The predicted molar refractivity (Wildman–Crippen MR) is 177 cm³/mol. The number of aliphatic hydroxyl groups is 2. The monoisotopic (exact) mass is 648 g/mol. The van der Waals surface area contributed by atoms with Gasteiger partial charge in [0.1, 0.15) is 12.2 Å². The third-order valence-corrected chi connectivity index (χ3v) is 8.09. The van der Waals surface area contributed by atoms with Crippen LogP contribution in [0.4, 0.5) is 0 Å². The Hall–Kier alpha value is -1.06. The Morgan fingerprint density at radius 3 is 1.89 bits per heavy atom. The van der Waals surface area contributed by atoms with Crippen molar-refractivity contribution in [3.05, 3.63) is 24.3 Å². The van der Waals surface area contributed by atoms with E-state index in [9.17, 15) is 19.4 Å². The molecular weight excluding hydrogens is 583 g/mol. The first-order valence-corrected chi connectivity index (χ1v) is 18.8. The molecule has 0 aromatic carbocycles. The van der Waals surface area contributed by atoms with Gasteiger partial charge in [-0.05, 0) is 38.5 Å². The van der Waals surface area contributed by atoms with E-state index in [0.717, 1.165) is 51.4 Å². The van der Waals surface area contributed by atoms with Crippen molar-refractivity contribution in [1.29, 1.82) is 0 Å². The zero-order valence-corrected chi connectivity index (χ0v) is 28.8. The van der Waals surface area contributed by atoms with E-state index in [1.807, 2.05) is 0 Å². The molecule has 44 heavy (non-hydrogen) atoms. The van der Waals surface area contributed by atoms with Crippen LogP contribution < -0.4 is 0 Å². The zero-order valence-electron chi connectivity index (χ0n) is 27.9. The van der Waals surface area contributed by atoms with E-state index in [1.165, 1.54) is 70.6 Å². The second-order valence-corrected chi connectivity index (χ2v) is 13.0. The van der Waals surface area contributed by atoms with Gasteiger partial charge in [0, 0.05) is 13.0 Å². The fourth-order valence-electron chi connectivity index (χ4n) is 4.43. The first-order valence-electron chi connectivity index (χ1n) is 17.3. The fraction of sp³-hybridized carbons (Fsp3) is 0.853. The van der Waals surface area contributed by atoms with E-state index in [0.29, 0.717) is 6.61 Å². The third-order valence-electron chi connectivity index (χ3n) is 7.14. The van der Waals surface area contributed by atoms with Crippen molar-refractivity contribution in [2.24, 2.45) is 0 Å². The SMILES string of the molecule is CCCC/C=C\C/C=C\CCCCCCCCOCC(COP(=O)(O)OCC(O)CO)OC(=O)CCCCCCCCCC. The normalized spacial score (nSPS) is 14.8. The molecule has 0 aliphatic heterocycles. The van der Waals surface area contributed by atoms with E-state index in [2.05, 4.69) is 38.2 Å². The molecular formula is C34H65O9P. The van der Waals surface area contributed by atoms with Crippen LogP contribution in [0, 0.1) is 0 Å². The summed E-state index contributed by atoms with van der Waals surface area (Å²) in [6.07, 6.45) is 28.6. The Bertz CT molecular complexity index is 744. The van der Waals surface area contributed by atoms with Gasteiger partial charge in [0.15, 0.2) is 0 Å². The fourth-order valence-corrected chi connectivity index (χ4v) is 5.22. The number of esters is 1. The number of phosphoric ester groups is 1. The van der Waals surface area contributed by atoms with Gasteiger partial charge in [0.05, 0.1) is 26.4 Å². The lowest BCUT2D eigenvalue weighted by molar-refractivity contribution is -0.154. The van der Waals surface area contributed by atoms with Gasteiger partial charge in [-0.15, -0.1) is 0 Å². The standard InChI is InChI=1S/C34H65O9P/c1-3-5-7-9-11-13-14-15-16-17-18-19-21-23-25-27-40-30-33(31-42-44(38,39)41-29-32(36)28-35)43-34(37)26-24-22-20-12-10-8-6-4-2/h9,11,14-15,32-33,35-36H,3-8,10,12-13,16-31H2,1-2H3,(H,38,39)/b11-9-,15-14-. The summed E-state index contributed by atoms with van der Waals surface area (Å²) in [7, 11) is -4.50. The number of unbranched alkanes of at least 4 members (excludes halogenated alkanes) is 15. The van der Waals surface area contributed by atoms with Crippen LogP contribution in [0.2, 0.25) is 0 Å². The van der Waals surface area contributed by atoms with Crippen LogP contribution in [-0.4, -0.2) is 66.3 Å². The molecule has 0 rings (SSSR count). The molecule has 3 N–H and O–H groups in total. The molecule has 0 saturated heterocycles. The molecule has 260 valence electrons. The van der Waals surface area contributed by atoms with E-state index in [-0.39, 0.29) is 19.6 Å². The van der Waals surface area contributed by atoms with Crippen molar-refractivity contribution in [1.82, 2.24) is 0 Å². The molecule has 0 bridgehead atoms. The highest BCUT2D eigenvalue weighted by atomic mass is 31.2. The lowest BCUT2D eigenvalue weighted by Crippen LogP contribution is -2.29. The van der Waals surface area contributed by atoms with E-state index >= 15 is 0 Å². The molecule has 0 radical (unpaired) electrons.